The predicted molar refractivity (Wildman–Crippen MR) is 87.0 cm³/mol. The Hall–Kier alpha value is -0.750. The summed E-state index contributed by atoms with van der Waals surface area (Å²) in [6.45, 7) is 7.93. The largest absolute Gasteiger partial charge is 0.490 e. The van der Waals surface area contributed by atoms with Gasteiger partial charge in [0.1, 0.15) is 6.61 Å². The van der Waals surface area contributed by atoms with E-state index >= 15 is 0 Å². The van der Waals surface area contributed by atoms with Gasteiger partial charge in [-0.15, -0.1) is 12.4 Å². The molecular weight excluding hydrogens is 346 g/mol. The van der Waals surface area contributed by atoms with Crippen molar-refractivity contribution in [1.29, 1.82) is 0 Å². The molecule has 0 spiro atoms. The van der Waals surface area contributed by atoms with E-state index in [1.807, 2.05) is 19.1 Å². The van der Waals surface area contributed by atoms with Gasteiger partial charge in [0.25, 0.3) is 0 Å². The molecule has 1 rings (SSSR count). The van der Waals surface area contributed by atoms with Crippen LogP contribution in [0.25, 0.3) is 0 Å². The highest BCUT2D eigenvalue weighted by molar-refractivity contribution is 9.10. The van der Waals surface area contributed by atoms with Gasteiger partial charge in [-0.3, -0.25) is 0 Å². The highest BCUT2D eigenvalue weighted by Crippen LogP contribution is 2.36. The summed E-state index contributed by atoms with van der Waals surface area (Å²) in [6, 6.07) is 3.92. The van der Waals surface area contributed by atoms with Crippen molar-refractivity contribution in [1.82, 2.24) is 5.32 Å². The molecule has 0 aliphatic carbocycles. The molecule has 0 fully saturated rings. The van der Waals surface area contributed by atoms with Crippen LogP contribution in [0.3, 0.4) is 0 Å². The number of ether oxygens (including phenoxy) is 2. The van der Waals surface area contributed by atoms with Crippen LogP contribution < -0.4 is 14.8 Å². The van der Waals surface area contributed by atoms with Crippen molar-refractivity contribution in [2.75, 3.05) is 26.4 Å². The van der Waals surface area contributed by atoms with Crippen LogP contribution in [-0.2, 0) is 6.54 Å². The number of aliphatic hydroxyl groups excluding tert-OH is 1. The third-order valence-electron chi connectivity index (χ3n) is 2.33. The summed E-state index contributed by atoms with van der Waals surface area (Å²) in [6.07, 6.45) is 1.69. The minimum Gasteiger partial charge on any atom is -0.490 e. The van der Waals surface area contributed by atoms with Crippen molar-refractivity contribution in [2.45, 2.75) is 13.5 Å². The summed E-state index contributed by atoms with van der Waals surface area (Å²) in [5, 5.41) is 11.9. The Morgan fingerprint density at radius 2 is 2.15 bits per heavy atom. The third-order valence-corrected chi connectivity index (χ3v) is 2.92. The summed E-state index contributed by atoms with van der Waals surface area (Å²) in [4.78, 5) is 0. The maximum Gasteiger partial charge on any atom is 0.175 e. The van der Waals surface area contributed by atoms with E-state index in [1.165, 1.54) is 0 Å². The maximum absolute atomic E-state index is 8.75. The minimum absolute atomic E-state index is 0. The van der Waals surface area contributed by atoms with Crippen LogP contribution in [0, 0.1) is 0 Å². The number of halogens is 2. The molecule has 0 aromatic heterocycles. The van der Waals surface area contributed by atoms with Gasteiger partial charge in [-0.1, -0.05) is 12.7 Å². The zero-order valence-corrected chi connectivity index (χ0v) is 13.9. The van der Waals surface area contributed by atoms with Crippen molar-refractivity contribution >= 4 is 28.3 Å². The van der Waals surface area contributed by atoms with Crippen molar-refractivity contribution in [3.05, 3.63) is 34.8 Å². The molecule has 20 heavy (non-hydrogen) atoms. The van der Waals surface area contributed by atoms with E-state index < -0.39 is 0 Å². The van der Waals surface area contributed by atoms with E-state index in [9.17, 15) is 0 Å². The second-order valence-electron chi connectivity index (χ2n) is 3.84. The lowest BCUT2D eigenvalue weighted by atomic mass is 10.2. The van der Waals surface area contributed by atoms with Crippen molar-refractivity contribution in [2.24, 2.45) is 0 Å². The Kier molecular flexibility index (Phi) is 10.6. The molecule has 1 aromatic rings. The van der Waals surface area contributed by atoms with E-state index in [1.54, 1.807) is 6.08 Å². The molecule has 0 unspecified atom stereocenters. The van der Waals surface area contributed by atoms with Gasteiger partial charge < -0.3 is 19.9 Å². The van der Waals surface area contributed by atoms with Crippen LogP contribution in [0.2, 0.25) is 0 Å². The predicted octanol–water partition coefficient (Wildman–Crippen LogP) is 2.92. The summed E-state index contributed by atoms with van der Waals surface area (Å²) < 4.78 is 12.0. The number of nitrogens with one attached hydrogen (secondary N) is 1. The molecule has 0 saturated heterocycles. The van der Waals surface area contributed by atoms with Crippen molar-refractivity contribution < 1.29 is 14.6 Å². The van der Waals surface area contributed by atoms with Crippen molar-refractivity contribution in [3.63, 3.8) is 0 Å². The van der Waals surface area contributed by atoms with Crippen LogP contribution in [0.1, 0.15) is 12.5 Å². The summed E-state index contributed by atoms with van der Waals surface area (Å²) in [5.74, 6) is 1.40. The van der Waals surface area contributed by atoms with Gasteiger partial charge in [0.2, 0.25) is 0 Å². The van der Waals surface area contributed by atoms with Crippen molar-refractivity contribution in [3.8, 4) is 11.5 Å². The number of hydrogen-bond donors (Lipinski definition) is 2. The smallest absolute Gasteiger partial charge is 0.175 e. The van der Waals surface area contributed by atoms with Crippen LogP contribution in [0.4, 0.5) is 0 Å². The fourth-order valence-electron chi connectivity index (χ4n) is 1.58. The molecule has 0 aliphatic heterocycles. The molecule has 1 aromatic carbocycles. The van der Waals surface area contributed by atoms with Gasteiger partial charge in [-0.2, -0.15) is 0 Å². The summed E-state index contributed by atoms with van der Waals surface area (Å²) in [7, 11) is 0. The van der Waals surface area contributed by atoms with Crippen LogP contribution >= 0.6 is 28.3 Å². The van der Waals surface area contributed by atoms with Crippen LogP contribution in [0.15, 0.2) is 29.3 Å². The Bertz CT molecular complexity index is 416. The molecule has 0 heterocycles. The Balaban J connectivity index is 0.00000361. The fourth-order valence-corrected chi connectivity index (χ4v) is 2.18. The second-order valence-corrected chi connectivity index (χ2v) is 4.69. The van der Waals surface area contributed by atoms with E-state index in [0.717, 1.165) is 10.0 Å². The molecule has 6 heteroatoms. The van der Waals surface area contributed by atoms with Gasteiger partial charge in [-0.25, -0.2) is 0 Å². The summed E-state index contributed by atoms with van der Waals surface area (Å²) >= 11 is 3.49. The molecule has 0 saturated carbocycles. The molecule has 0 atom stereocenters. The van der Waals surface area contributed by atoms with E-state index in [-0.39, 0.29) is 19.0 Å². The first-order valence-electron chi connectivity index (χ1n) is 6.23. The molecule has 114 valence electrons. The Labute approximate surface area is 134 Å². The molecule has 0 bridgehead atoms. The first kappa shape index (κ1) is 19.2. The quantitative estimate of drug-likeness (QED) is 0.521. The van der Waals surface area contributed by atoms with Crippen LogP contribution in [-0.4, -0.2) is 31.5 Å². The van der Waals surface area contributed by atoms with Crippen LogP contribution in [0.5, 0.6) is 11.5 Å². The molecule has 0 amide bonds. The molecular formula is C14H21BrClNO3. The zero-order chi connectivity index (χ0) is 14.1. The highest BCUT2D eigenvalue weighted by Gasteiger charge is 2.11. The SMILES string of the molecule is C=CCOc1c(Br)cc(CNCCO)cc1OCC.Cl. The van der Waals surface area contributed by atoms with Gasteiger partial charge >= 0.3 is 0 Å². The average molecular weight is 367 g/mol. The number of benzene rings is 1. The lowest BCUT2D eigenvalue weighted by Crippen LogP contribution is -2.17. The lowest BCUT2D eigenvalue weighted by molar-refractivity contribution is 0.290. The first-order valence-corrected chi connectivity index (χ1v) is 7.02. The average Bonchev–Trinajstić information content (AvgIpc) is 2.38. The molecule has 0 aliphatic rings. The molecule has 0 radical (unpaired) electrons. The first-order chi connectivity index (χ1) is 9.22. The minimum atomic E-state index is 0. The fraction of sp³-hybridized carbons (Fsp3) is 0.429. The zero-order valence-electron chi connectivity index (χ0n) is 11.5. The lowest BCUT2D eigenvalue weighted by Gasteiger charge is -2.15. The standard InChI is InChI=1S/C14H20BrNO3.ClH/c1-3-7-19-14-12(15)8-11(10-16-5-6-17)9-13(14)18-4-2;/h3,8-9,16-17H,1,4-7,10H2,2H3;1H. The highest BCUT2D eigenvalue weighted by atomic mass is 79.9. The third kappa shape index (κ3) is 6.13. The number of rotatable bonds is 9. The molecule has 4 nitrogen and oxygen atoms in total. The Morgan fingerprint density at radius 3 is 2.75 bits per heavy atom. The summed E-state index contributed by atoms with van der Waals surface area (Å²) in [5.41, 5.74) is 1.06. The monoisotopic (exact) mass is 365 g/mol. The normalized spacial score (nSPS) is 9.75. The second kappa shape index (κ2) is 11.0. The number of hydrogen-bond acceptors (Lipinski definition) is 4. The Morgan fingerprint density at radius 1 is 1.40 bits per heavy atom. The maximum atomic E-state index is 8.75. The molecule has 2 N–H and O–H groups in total. The number of aliphatic hydroxyl groups is 1. The van der Waals surface area contributed by atoms with E-state index in [2.05, 4.69) is 27.8 Å². The van der Waals surface area contributed by atoms with Gasteiger partial charge in [0.15, 0.2) is 11.5 Å². The van der Waals surface area contributed by atoms with E-state index in [4.69, 9.17) is 14.6 Å². The van der Waals surface area contributed by atoms with Gasteiger partial charge in [-0.05, 0) is 40.5 Å². The topological polar surface area (TPSA) is 50.7 Å². The van der Waals surface area contributed by atoms with Gasteiger partial charge in [0, 0.05) is 13.1 Å². The van der Waals surface area contributed by atoms with Gasteiger partial charge in [0.05, 0.1) is 17.7 Å². The van der Waals surface area contributed by atoms with E-state index in [0.29, 0.717) is 37.8 Å².